The van der Waals surface area contributed by atoms with Crippen LogP contribution in [-0.2, 0) is 11.2 Å². The maximum absolute atomic E-state index is 8.71. The van der Waals surface area contributed by atoms with E-state index in [-0.39, 0.29) is 6.10 Å². The van der Waals surface area contributed by atoms with Crippen LogP contribution in [0.15, 0.2) is 18.3 Å². The molecule has 2 heterocycles. The Hall–Kier alpha value is -1.44. The molecule has 4 nitrogen and oxygen atoms in total. The fourth-order valence-electron chi connectivity index (χ4n) is 1.72. The normalized spacial score (nSPS) is 20.9. The minimum absolute atomic E-state index is 0.0108. The molecule has 1 aliphatic rings. The van der Waals surface area contributed by atoms with E-state index in [1.54, 1.807) is 6.20 Å². The van der Waals surface area contributed by atoms with Crippen molar-refractivity contribution in [2.24, 2.45) is 0 Å². The van der Waals surface area contributed by atoms with Crippen molar-refractivity contribution in [3.8, 4) is 6.07 Å². The number of morpholine rings is 1. The lowest BCUT2D eigenvalue weighted by Gasteiger charge is -2.24. The van der Waals surface area contributed by atoms with Gasteiger partial charge in [0.2, 0.25) is 0 Å². The zero-order chi connectivity index (χ0) is 10.5. The minimum atomic E-state index is -0.0108. The van der Waals surface area contributed by atoms with E-state index < -0.39 is 0 Å². The Balaban J connectivity index is 2.21. The van der Waals surface area contributed by atoms with E-state index in [2.05, 4.69) is 16.4 Å². The van der Waals surface area contributed by atoms with Crippen molar-refractivity contribution in [3.63, 3.8) is 0 Å². The predicted molar refractivity (Wildman–Crippen MR) is 55.1 cm³/mol. The second-order valence-electron chi connectivity index (χ2n) is 3.45. The first-order valence-electron chi connectivity index (χ1n) is 5.05. The summed E-state index contributed by atoms with van der Waals surface area (Å²) in [4.78, 5) is 4.30. The van der Waals surface area contributed by atoms with E-state index in [9.17, 15) is 0 Å². The molecule has 1 aliphatic heterocycles. The quantitative estimate of drug-likeness (QED) is 0.772. The van der Waals surface area contributed by atoms with Gasteiger partial charge in [0.15, 0.2) is 0 Å². The average molecular weight is 203 g/mol. The van der Waals surface area contributed by atoms with Crippen LogP contribution in [0.3, 0.4) is 0 Å². The third-order valence-electron chi connectivity index (χ3n) is 2.43. The van der Waals surface area contributed by atoms with Gasteiger partial charge >= 0.3 is 0 Å². The molecule has 0 bridgehead atoms. The predicted octanol–water partition coefficient (Wildman–Crippen LogP) is 0.809. The van der Waals surface area contributed by atoms with Crippen LogP contribution in [0.4, 0.5) is 0 Å². The maximum Gasteiger partial charge on any atom is 0.112 e. The second kappa shape index (κ2) is 4.87. The lowest BCUT2D eigenvalue weighted by Crippen LogP contribution is -2.34. The summed E-state index contributed by atoms with van der Waals surface area (Å²) in [6.07, 6.45) is 2.13. The molecule has 1 aromatic heterocycles. The van der Waals surface area contributed by atoms with E-state index in [1.165, 1.54) is 0 Å². The molecule has 78 valence electrons. The highest BCUT2D eigenvalue weighted by atomic mass is 16.5. The van der Waals surface area contributed by atoms with E-state index in [1.807, 2.05) is 12.1 Å². The van der Waals surface area contributed by atoms with Gasteiger partial charge in [0.1, 0.15) is 6.10 Å². The SMILES string of the molecule is N#CCc1cccnc1C1CNCCO1. The lowest BCUT2D eigenvalue weighted by molar-refractivity contribution is 0.0245. The molecule has 0 saturated carbocycles. The van der Waals surface area contributed by atoms with Crippen LogP contribution < -0.4 is 5.32 Å². The Kier molecular flexibility index (Phi) is 3.28. The lowest BCUT2D eigenvalue weighted by atomic mass is 10.1. The van der Waals surface area contributed by atoms with E-state index in [0.29, 0.717) is 13.0 Å². The van der Waals surface area contributed by atoms with Crippen LogP contribution >= 0.6 is 0 Å². The molecule has 15 heavy (non-hydrogen) atoms. The Bertz CT molecular complexity index is 366. The molecular formula is C11H13N3O. The van der Waals surface area contributed by atoms with Gasteiger partial charge < -0.3 is 10.1 Å². The van der Waals surface area contributed by atoms with Crippen LogP contribution in [0, 0.1) is 11.3 Å². The van der Waals surface area contributed by atoms with Gasteiger partial charge in [0.25, 0.3) is 0 Å². The monoisotopic (exact) mass is 203 g/mol. The number of nitrogens with zero attached hydrogens (tertiary/aromatic N) is 2. The van der Waals surface area contributed by atoms with Crippen molar-refractivity contribution in [3.05, 3.63) is 29.6 Å². The molecule has 0 aromatic carbocycles. The summed E-state index contributed by atoms with van der Waals surface area (Å²) in [5, 5.41) is 12.0. The van der Waals surface area contributed by atoms with Gasteiger partial charge in [-0.1, -0.05) is 6.07 Å². The number of hydrogen-bond donors (Lipinski definition) is 1. The molecule has 1 aromatic rings. The Morgan fingerprint density at radius 3 is 3.33 bits per heavy atom. The van der Waals surface area contributed by atoms with Crippen LogP contribution in [-0.4, -0.2) is 24.7 Å². The summed E-state index contributed by atoms with van der Waals surface area (Å²) in [5.41, 5.74) is 1.86. The van der Waals surface area contributed by atoms with Crippen molar-refractivity contribution in [2.45, 2.75) is 12.5 Å². The van der Waals surface area contributed by atoms with Gasteiger partial charge in [-0.05, 0) is 11.6 Å². The number of ether oxygens (including phenoxy) is 1. The van der Waals surface area contributed by atoms with E-state index >= 15 is 0 Å². The van der Waals surface area contributed by atoms with Crippen molar-refractivity contribution >= 4 is 0 Å². The largest absolute Gasteiger partial charge is 0.369 e. The maximum atomic E-state index is 8.71. The molecular weight excluding hydrogens is 190 g/mol. The number of aromatic nitrogens is 1. The Morgan fingerprint density at radius 1 is 1.67 bits per heavy atom. The number of pyridine rings is 1. The first-order chi connectivity index (χ1) is 7.42. The van der Waals surface area contributed by atoms with Crippen LogP contribution in [0.2, 0.25) is 0 Å². The van der Waals surface area contributed by atoms with Gasteiger partial charge in [-0.25, -0.2) is 0 Å². The third-order valence-corrected chi connectivity index (χ3v) is 2.43. The summed E-state index contributed by atoms with van der Waals surface area (Å²) >= 11 is 0. The summed E-state index contributed by atoms with van der Waals surface area (Å²) < 4.78 is 5.62. The number of hydrogen-bond acceptors (Lipinski definition) is 4. The molecule has 1 atom stereocenters. The highest BCUT2D eigenvalue weighted by molar-refractivity contribution is 5.25. The smallest absolute Gasteiger partial charge is 0.112 e. The van der Waals surface area contributed by atoms with Gasteiger partial charge in [0.05, 0.1) is 24.8 Å². The molecule has 0 spiro atoms. The van der Waals surface area contributed by atoms with Gasteiger partial charge in [-0.3, -0.25) is 4.98 Å². The van der Waals surface area contributed by atoms with Gasteiger partial charge in [-0.15, -0.1) is 0 Å². The molecule has 0 radical (unpaired) electrons. The number of nitrogens with one attached hydrogen (secondary N) is 1. The summed E-state index contributed by atoms with van der Waals surface area (Å²) in [6, 6.07) is 5.94. The molecule has 1 unspecified atom stereocenters. The Labute approximate surface area is 88.9 Å². The highest BCUT2D eigenvalue weighted by Crippen LogP contribution is 2.20. The number of rotatable bonds is 2. The summed E-state index contributed by atoms with van der Waals surface area (Å²) in [6.45, 7) is 2.36. The molecule has 1 N–H and O–H groups in total. The minimum Gasteiger partial charge on any atom is -0.369 e. The molecule has 4 heteroatoms. The molecule has 1 fully saturated rings. The molecule has 0 amide bonds. The first kappa shape index (κ1) is 10.1. The summed E-state index contributed by atoms with van der Waals surface area (Å²) in [7, 11) is 0. The van der Waals surface area contributed by atoms with E-state index in [4.69, 9.17) is 10.00 Å². The van der Waals surface area contributed by atoms with Crippen LogP contribution in [0.1, 0.15) is 17.4 Å². The zero-order valence-electron chi connectivity index (χ0n) is 8.44. The standard InChI is InChI=1S/C11H13N3O/c12-4-3-9-2-1-5-14-11(9)10-8-13-6-7-15-10/h1-2,5,10,13H,3,6-8H2. The van der Waals surface area contributed by atoms with E-state index in [0.717, 1.165) is 24.3 Å². The third kappa shape index (κ3) is 2.32. The molecule has 2 rings (SSSR count). The van der Waals surface area contributed by atoms with Crippen molar-refractivity contribution in [1.82, 2.24) is 10.3 Å². The first-order valence-corrected chi connectivity index (χ1v) is 5.05. The van der Waals surface area contributed by atoms with Crippen molar-refractivity contribution in [2.75, 3.05) is 19.7 Å². The van der Waals surface area contributed by atoms with Crippen LogP contribution in [0.5, 0.6) is 0 Å². The fourth-order valence-corrected chi connectivity index (χ4v) is 1.72. The molecule has 0 aliphatic carbocycles. The molecule has 1 saturated heterocycles. The average Bonchev–Trinajstić information content (AvgIpc) is 2.31. The topological polar surface area (TPSA) is 57.9 Å². The zero-order valence-corrected chi connectivity index (χ0v) is 8.44. The fraction of sp³-hybridized carbons (Fsp3) is 0.455. The second-order valence-corrected chi connectivity index (χ2v) is 3.45. The van der Waals surface area contributed by atoms with Crippen molar-refractivity contribution in [1.29, 1.82) is 5.26 Å². The van der Waals surface area contributed by atoms with Crippen molar-refractivity contribution < 1.29 is 4.74 Å². The van der Waals surface area contributed by atoms with Gasteiger partial charge in [-0.2, -0.15) is 5.26 Å². The summed E-state index contributed by atoms with van der Waals surface area (Å²) in [5.74, 6) is 0. The van der Waals surface area contributed by atoms with Gasteiger partial charge in [0, 0.05) is 19.3 Å². The number of nitriles is 1. The highest BCUT2D eigenvalue weighted by Gasteiger charge is 2.19. The Morgan fingerprint density at radius 2 is 2.60 bits per heavy atom. The van der Waals surface area contributed by atoms with Crippen LogP contribution in [0.25, 0.3) is 0 Å².